The number of nitro benzene ring substituents is 1. The Labute approximate surface area is 125 Å². The largest absolute Gasteiger partial charge is 0.364 e. The van der Waals surface area contributed by atoms with E-state index in [9.17, 15) is 10.1 Å². The summed E-state index contributed by atoms with van der Waals surface area (Å²) >= 11 is 0. The van der Waals surface area contributed by atoms with Gasteiger partial charge in [0.1, 0.15) is 0 Å². The summed E-state index contributed by atoms with van der Waals surface area (Å²) in [6, 6.07) is 6.72. The van der Waals surface area contributed by atoms with Crippen molar-refractivity contribution in [2.45, 2.75) is 45.2 Å². The normalized spacial score (nSPS) is 25.9. The van der Waals surface area contributed by atoms with Crippen LogP contribution < -0.4 is 4.90 Å². The highest BCUT2D eigenvalue weighted by Gasteiger charge is 2.37. The summed E-state index contributed by atoms with van der Waals surface area (Å²) in [7, 11) is 0. The minimum absolute atomic E-state index is 0.219. The van der Waals surface area contributed by atoms with Crippen LogP contribution in [0.3, 0.4) is 0 Å². The molecule has 2 bridgehead atoms. The van der Waals surface area contributed by atoms with Gasteiger partial charge in [0.15, 0.2) is 0 Å². The van der Waals surface area contributed by atoms with E-state index in [2.05, 4.69) is 16.7 Å². The number of nitro groups is 1. The molecule has 0 spiro atoms. The number of likely N-dealkylation sites (N-methyl/N-ethyl adjacent to an activating group) is 1. The lowest BCUT2D eigenvalue weighted by molar-refractivity contribution is -0.385. The van der Waals surface area contributed by atoms with Gasteiger partial charge in [0.05, 0.1) is 4.92 Å². The van der Waals surface area contributed by atoms with Crippen molar-refractivity contribution in [3.63, 3.8) is 0 Å². The highest BCUT2D eigenvalue weighted by molar-refractivity contribution is 5.57. The molecule has 0 aromatic heterocycles. The third kappa shape index (κ3) is 2.62. The molecule has 2 fully saturated rings. The van der Waals surface area contributed by atoms with Crippen molar-refractivity contribution >= 4 is 11.4 Å². The van der Waals surface area contributed by atoms with Gasteiger partial charge in [0, 0.05) is 42.5 Å². The van der Waals surface area contributed by atoms with Gasteiger partial charge in [-0.2, -0.15) is 0 Å². The molecule has 0 amide bonds. The van der Waals surface area contributed by atoms with Crippen molar-refractivity contribution < 1.29 is 4.92 Å². The zero-order chi connectivity index (χ0) is 15.0. The van der Waals surface area contributed by atoms with Crippen LogP contribution in [0, 0.1) is 17.0 Å². The fourth-order valence-electron chi connectivity index (χ4n) is 3.86. The van der Waals surface area contributed by atoms with E-state index >= 15 is 0 Å². The van der Waals surface area contributed by atoms with E-state index in [0.29, 0.717) is 12.1 Å². The molecule has 2 unspecified atom stereocenters. The SMILES string of the molecule is CCN1CCC2CCC(C1)N2c1ccc([N+](=O)[O-])c(C)c1. The van der Waals surface area contributed by atoms with Crippen molar-refractivity contribution in [3.05, 3.63) is 33.9 Å². The average Bonchev–Trinajstić information content (AvgIpc) is 2.73. The van der Waals surface area contributed by atoms with E-state index in [0.717, 1.165) is 24.3 Å². The van der Waals surface area contributed by atoms with Crippen molar-refractivity contribution in [3.8, 4) is 0 Å². The molecule has 21 heavy (non-hydrogen) atoms. The van der Waals surface area contributed by atoms with E-state index in [1.807, 2.05) is 19.1 Å². The molecule has 0 N–H and O–H groups in total. The topological polar surface area (TPSA) is 49.6 Å². The van der Waals surface area contributed by atoms with Gasteiger partial charge in [-0.15, -0.1) is 0 Å². The van der Waals surface area contributed by atoms with Crippen LogP contribution in [-0.4, -0.2) is 41.5 Å². The fraction of sp³-hybridized carbons (Fsp3) is 0.625. The van der Waals surface area contributed by atoms with E-state index in [-0.39, 0.29) is 10.6 Å². The quantitative estimate of drug-likeness (QED) is 0.634. The Bertz CT molecular complexity index is 546. The summed E-state index contributed by atoms with van der Waals surface area (Å²) in [5.74, 6) is 0. The lowest BCUT2D eigenvalue weighted by Gasteiger charge is -2.31. The molecule has 2 aliphatic heterocycles. The monoisotopic (exact) mass is 289 g/mol. The van der Waals surface area contributed by atoms with Crippen LogP contribution in [0.15, 0.2) is 18.2 Å². The molecule has 0 aliphatic carbocycles. The summed E-state index contributed by atoms with van der Waals surface area (Å²) in [6.07, 6.45) is 3.68. The van der Waals surface area contributed by atoms with Gasteiger partial charge in [-0.1, -0.05) is 6.92 Å². The number of anilines is 1. The van der Waals surface area contributed by atoms with Crippen LogP contribution in [0.1, 0.15) is 31.7 Å². The molecule has 5 nitrogen and oxygen atoms in total. The second-order valence-corrected chi connectivity index (χ2v) is 6.20. The number of benzene rings is 1. The minimum atomic E-state index is -0.297. The molecule has 2 aliphatic rings. The Balaban J connectivity index is 1.89. The Morgan fingerprint density at radius 3 is 2.71 bits per heavy atom. The maximum atomic E-state index is 11.0. The number of likely N-dealkylation sites (tertiary alicyclic amines) is 1. The zero-order valence-electron chi connectivity index (χ0n) is 12.8. The van der Waals surface area contributed by atoms with Gasteiger partial charge in [0.25, 0.3) is 5.69 Å². The molecule has 2 heterocycles. The van der Waals surface area contributed by atoms with Gasteiger partial charge >= 0.3 is 0 Å². The van der Waals surface area contributed by atoms with Crippen LogP contribution in [0.2, 0.25) is 0 Å². The van der Waals surface area contributed by atoms with Gasteiger partial charge in [-0.25, -0.2) is 0 Å². The predicted octanol–water partition coefficient (Wildman–Crippen LogP) is 2.97. The number of rotatable bonds is 3. The molecule has 114 valence electrons. The van der Waals surface area contributed by atoms with E-state index in [1.54, 1.807) is 6.07 Å². The van der Waals surface area contributed by atoms with Crippen molar-refractivity contribution in [1.29, 1.82) is 0 Å². The number of hydrogen-bond donors (Lipinski definition) is 0. The third-order valence-electron chi connectivity index (χ3n) is 4.99. The predicted molar refractivity (Wildman–Crippen MR) is 83.9 cm³/mol. The number of nitrogens with zero attached hydrogens (tertiary/aromatic N) is 3. The number of aryl methyl sites for hydroxylation is 1. The van der Waals surface area contributed by atoms with Gasteiger partial charge in [-0.05, 0) is 44.9 Å². The Kier molecular flexibility index (Phi) is 3.85. The summed E-state index contributed by atoms with van der Waals surface area (Å²) < 4.78 is 0. The summed E-state index contributed by atoms with van der Waals surface area (Å²) in [6.45, 7) is 7.44. The van der Waals surface area contributed by atoms with E-state index < -0.39 is 0 Å². The third-order valence-corrected chi connectivity index (χ3v) is 4.99. The van der Waals surface area contributed by atoms with Crippen LogP contribution >= 0.6 is 0 Å². The molecule has 2 atom stereocenters. The highest BCUT2D eigenvalue weighted by Crippen LogP contribution is 2.36. The molecule has 1 aromatic rings. The Morgan fingerprint density at radius 2 is 2.05 bits per heavy atom. The first-order valence-corrected chi connectivity index (χ1v) is 7.86. The first-order valence-electron chi connectivity index (χ1n) is 7.86. The molecule has 3 rings (SSSR count). The standard InChI is InChI=1S/C16H23N3O2/c1-3-17-9-8-13-4-5-15(11-17)18(13)14-6-7-16(19(20)21)12(2)10-14/h6-7,10,13,15H,3-5,8-9,11H2,1-2H3. The van der Waals surface area contributed by atoms with Crippen LogP contribution in [0.25, 0.3) is 0 Å². The summed E-state index contributed by atoms with van der Waals surface area (Å²) in [4.78, 5) is 15.7. The second-order valence-electron chi connectivity index (χ2n) is 6.20. The van der Waals surface area contributed by atoms with Gasteiger partial charge < -0.3 is 9.80 Å². The lowest BCUT2D eigenvalue weighted by atomic mass is 10.1. The summed E-state index contributed by atoms with van der Waals surface area (Å²) in [5.41, 5.74) is 2.13. The first kappa shape index (κ1) is 14.3. The van der Waals surface area contributed by atoms with Crippen LogP contribution in [0.4, 0.5) is 11.4 Å². The molecule has 5 heteroatoms. The maximum Gasteiger partial charge on any atom is 0.272 e. The molecule has 0 radical (unpaired) electrons. The highest BCUT2D eigenvalue weighted by atomic mass is 16.6. The van der Waals surface area contributed by atoms with Crippen LogP contribution in [-0.2, 0) is 0 Å². The smallest absolute Gasteiger partial charge is 0.272 e. The molecular weight excluding hydrogens is 266 g/mol. The lowest BCUT2D eigenvalue weighted by Crippen LogP contribution is -2.39. The first-order chi connectivity index (χ1) is 10.1. The molecule has 2 saturated heterocycles. The van der Waals surface area contributed by atoms with Gasteiger partial charge in [0.2, 0.25) is 0 Å². The zero-order valence-corrected chi connectivity index (χ0v) is 12.8. The molecular formula is C16H23N3O2. The van der Waals surface area contributed by atoms with E-state index in [4.69, 9.17) is 0 Å². The van der Waals surface area contributed by atoms with Crippen molar-refractivity contribution in [1.82, 2.24) is 4.90 Å². The van der Waals surface area contributed by atoms with Crippen molar-refractivity contribution in [2.24, 2.45) is 0 Å². The maximum absolute atomic E-state index is 11.0. The minimum Gasteiger partial charge on any atom is -0.364 e. The van der Waals surface area contributed by atoms with E-state index in [1.165, 1.54) is 25.8 Å². The Hall–Kier alpha value is -1.62. The average molecular weight is 289 g/mol. The molecule has 0 saturated carbocycles. The van der Waals surface area contributed by atoms with Gasteiger partial charge in [-0.3, -0.25) is 10.1 Å². The molecule has 1 aromatic carbocycles. The number of hydrogen-bond acceptors (Lipinski definition) is 4. The second kappa shape index (κ2) is 5.64. The van der Waals surface area contributed by atoms with Crippen molar-refractivity contribution in [2.75, 3.05) is 24.5 Å². The Morgan fingerprint density at radius 1 is 1.29 bits per heavy atom. The fourth-order valence-corrected chi connectivity index (χ4v) is 3.86. The van der Waals surface area contributed by atoms with Crippen LogP contribution in [0.5, 0.6) is 0 Å². The number of fused-ring (bicyclic) bond motifs is 2. The summed E-state index contributed by atoms with van der Waals surface area (Å²) in [5, 5.41) is 11.0.